The molecule has 3 aliphatic heterocycles. The van der Waals surface area contributed by atoms with Crippen molar-refractivity contribution in [3.05, 3.63) is 24.3 Å². The number of nitrogens with one attached hydrogen (secondary N) is 2. The van der Waals surface area contributed by atoms with Crippen molar-refractivity contribution < 1.29 is 104 Å². The summed E-state index contributed by atoms with van der Waals surface area (Å²) in [5.41, 5.74) is 0. The fourth-order valence-corrected chi connectivity index (χ4v) is 14.5. The van der Waals surface area contributed by atoms with Crippen molar-refractivity contribution in [3.63, 3.8) is 0 Å². The standard InChI is InChI=1S/C81H150N2O21/c1-4-6-8-10-12-14-16-18-20-22-24-26-28-29-30-31-33-35-37-39-41-43-45-47-49-51-53-55-68(91)83-62(63(88)54-52-50-48-46-44-42-40-38-36-34-32-27-25-23-21-19-17-15-13-11-9-7-5-2)60-99-78-73(95)72(94)75(67(59-86)101-78)102-79-74(96)77(71(93)66(58-85)100-79)104-81(80(97)98)56-64(89)69(82-61(3)87)76(103-81)70(92)65(90)57-84/h29-30,52,54,62-67,69-79,84-86,88-90,92-96H,4-28,31-51,53,55-60H2,1-3H3,(H,82,87)(H,83,91)(H,97,98)/b30-29-,54-52+. The number of rotatable bonds is 66. The Morgan fingerprint density at radius 3 is 1.31 bits per heavy atom. The first-order chi connectivity index (χ1) is 50.4. The molecule has 3 aliphatic rings. The number of carboxylic acid groups (broad SMARTS) is 1. The second kappa shape index (κ2) is 60.0. The van der Waals surface area contributed by atoms with E-state index in [9.17, 15) is 75.7 Å². The van der Waals surface area contributed by atoms with Crippen LogP contribution < -0.4 is 10.6 Å². The third kappa shape index (κ3) is 39.7. The topological polar surface area (TPSA) is 373 Å². The van der Waals surface area contributed by atoms with Gasteiger partial charge in [0.25, 0.3) is 5.79 Å². The maximum absolute atomic E-state index is 13.6. The summed E-state index contributed by atoms with van der Waals surface area (Å²) in [6.07, 6.45) is 37.8. The summed E-state index contributed by atoms with van der Waals surface area (Å²) in [4.78, 5) is 38.7. The molecule has 23 heteroatoms. The molecule has 23 nitrogen and oxygen atoms in total. The highest BCUT2D eigenvalue weighted by Crippen LogP contribution is 2.39. The number of ether oxygens (including phenoxy) is 6. The highest BCUT2D eigenvalue weighted by molar-refractivity contribution is 5.77. The number of aliphatic hydroxyl groups is 11. The Morgan fingerprint density at radius 1 is 0.500 bits per heavy atom. The molecule has 3 heterocycles. The molecular formula is C81H150N2O21. The van der Waals surface area contributed by atoms with Gasteiger partial charge in [0.05, 0.1) is 50.7 Å². The molecule has 610 valence electrons. The highest BCUT2D eigenvalue weighted by atomic mass is 16.8. The lowest BCUT2D eigenvalue weighted by Gasteiger charge is -2.50. The minimum atomic E-state index is -3.08. The van der Waals surface area contributed by atoms with Gasteiger partial charge in [-0.2, -0.15) is 0 Å². The van der Waals surface area contributed by atoms with Gasteiger partial charge in [-0.15, -0.1) is 0 Å². The number of unbranched alkanes of at least 4 members (excludes halogenated alkanes) is 44. The summed E-state index contributed by atoms with van der Waals surface area (Å²) in [7, 11) is 0. The molecule has 3 rings (SSSR count). The van der Waals surface area contributed by atoms with E-state index >= 15 is 0 Å². The van der Waals surface area contributed by atoms with Crippen LogP contribution in [-0.4, -0.2) is 215 Å². The van der Waals surface area contributed by atoms with Gasteiger partial charge in [-0.1, -0.05) is 295 Å². The van der Waals surface area contributed by atoms with E-state index in [0.29, 0.717) is 12.8 Å². The molecule has 14 N–H and O–H groups in total. The quantitative estimate of drug-likeness (QED) is 0.0199. The van der Waals surface area contributed by atoms with E-state index in [-0.39, 0.29) is 12.3 Å². The highest BCUT2D eigenvalue weighted by Gasteiger charge is 2.60. The lowest BCUT2D eigenvalue weighted by Crippen LogP contribution is -2.70. The number of carbonyl (C=O) groups excluding carboxylic acids is 2. The van der Waals surface area contributed by atoms with Crippen LogP contribution in [-0.2, 0) is 42.8 Å². The van der Waals surface area contributed by atoms with Gasteiger partial charge in [0, 0.05) is 19.8 Å². The van der Waals surface area contributed by atoms with Crippen molar-refractivity contribution in [2.24, 2.45) is 0 Å². The van der Waals surface area contributed by atoms with Crippen molar-refractivity contribution in [2.45, 2.75) is 445 Å². The maximum atomic E-state index is 13.6. The number of hydrogen-bond acceptors (Lipinski definition) is 20. The first kappa shape index (κ1) is 95.4. The van der Waals surface area contributed by atoms with Crippen LogP contribution in [0.3, 0.4) is 0 Å². The van der Waals surface area contributed by atoms with Crippen LogP contribution >= 0.6 is 0 Å². The van der Waals surface area contributed by atoms with Crippen molar-refractivity contribution in [1.29, 1.82) is 0 Å². The number of carboxylic acids is 1. The second-order valence-corrected chi connectivity index (χ2v) is 30.3. The SMILES string of the molecule is CCCCCCCCCCCCCC/C=C\CCCCCCCCCCCCCC(=O)NC(COC1OC(CO)C(OC2OC(CO)C(O)C(OC3(C(=O)O)CC(O)C(NC(C)=O)C(C(O)C(O)CO)O3)C2O)C(O)C1O)C(O)/C=C/CCCCCCCCCCCCCCCCCCCCCCC. The van der Waals surface area contributed by atoms with Crippen LogP contribution in [0.15, 0.2) is 24.3 Å². The number of hydrogen-bond donors (Lipinski definition) is 14. The van der Waals surface area contributed by atoms with Crippen LogP contribution in [0, 0.1) is 0 Å². The summed E-state index contributed by atoms with van der Waals surface area (Å²) in [5.74, 6) is -6.14. The lowest BCUT2D eigenvalue weighted by molar-refractivity contribution is -0.386. The molecule has 3 saturated heterocycles. The average Bonchev–Trinajstić information content (AvgIpc) is 0.754. The molecule has 3 fully saturated rings. The van der Waals surface area contributed by atoms with E-state index in [1.54, 1.807) is 6.08 Å². The van der Waals surface area contributed by atoms with E-state index in [2.05, 4.69) is 36.6 Å². The molecule has 0 radical (unpaired) electrons. The molecule has 0 aromatic rings. The van der Waals surface area contributed by atoms with Crippen LogP contribution in [0.2, 0.25) is 0 Å². The van der Waals surface area contributed by atoms with Crippen LogP contribution in [0.25, 0.3) is 0 Å². The Labute approximate surface area is 625 Å². The zero-order chi connectivity index (χ0) is 76.0. The number of carbonyl (C=O) groups is 3. The molecule has 0 aromatic carbocycles. The van der Waals surface area contributed by atoms with E-state index in [0.717, 1.165) is 51.9 Å². The Morgan fingerprint density at radius 2 is 0.904 bits per heavy atom. The van der Waals surface area contributed by atoms with Gasteiger partial charge in [0.2, 0.25) is 11.8 Å². The van der Waals surface area contributed by atoms with Gasteiger partial charge in [-0.3, -0.25) is 9.59 Å². The predicted octanol–water partition coefficient (Wildman–Crippen LogP) is 11.5. The molecule has 104 heavy (non-hydrogen) atoms. The Hall–Kier alpha value is -2.79. The van der Waals surface area contributed by atoms with Crippen molar-refractivity contribution in [2.75, 3.05) is 26.4 Å². The van der Waals surface area contributed by atoms with E-state index in [4.69, 9.17) is 28.4 Å². The molecule has 2 amide bonds. The summed E-state index contributed by atoms with van der Waals surface area (Å²) in [5, 5.41) is 136. The predicted molar refractivity (Wildman–Crippen MR) is 403 cm³/mol. The van der Waals surface area contributed by atoms with Gasteiger partial charge in [0.15, 0.2) is 12.6 Å². The van der Waals surface area contributed by atoms with Crippen molar-refractivity contribution in [1.82, 2.24) is 10.6 Å². The Kier molecular flexibility index (Phi) is 55.0. The molecule has 0 aromatic heterocycles. The minimum absolute atomic E-state index is 0.201. The average molecular weight is 1490 g/mol. The smallest absolute Gasteiger partial charge is 0.364 e. The van der Waals surface area contributed by atoms with Crippen molar-refractivity contribution >= 4 is 17.8 Å². The van der Waals surface area contributed by atoms with Gasteiger partial charge >= 0.3 is 5.97 Å². The number of amides is 2. The first-order valence-electron chi connectivity index (χ1n) is 41.7. The van der Waals surface area contributed by atoms with E-state index in [1.807, 2.05) is 6.08 Å². The molecule has 0 bridgehead atoms. The summed E-state index contributed by atoms with van der Waals surface area (Å²) < 4.78 is 34.9. The van der Waals surface area contributed by atoms with Crippen LogP contribution in [0.5, 0.6) is 0 Å². The zero-order valence-corrected chi connectivity index (χ0v) is 64.6. The fraction of sp³-hybridized carbons (Fsp3) is 0.914. The summed E-state index contributed by atoms with van der Waals surface area (Å²) in [6.45, 7) is 2.20. The maximum Gasteiger partial charge on any atom is 0.364 e. The van der Waals surface area contributed by atoms with Gasteiger partial charge in [0.1, 0.15) is 67.1 Å². The molecular weight excluding hydrogens is 1340 g/mol. The Balaban J connectivity index is 1.51. The van der Waals surface area contributed by atoms with Crippen LogP contribution in [0.4, 0.5) is 0 Å². The van der Waals surface area contributed by atoms with E-state index < -0.39 is 155 Å². The zero-order valence-electron chi connectivity index (χ0n) is 64.6. The molecule has 18 atom stereocenters. The van der Waals surface area contributed by atoms with Gasteiger partial charge in [-0.25, -0.2) is 4.79 Å². The summed E-state index contributed by atoms with van der Waals surface area (Å²) >= 11 is 0. The fourth-order valence-electron chi connectivity index (χ4n) is 14.5. The Bertz CT molecular complexity index is 2170. The normalized spacial score (nSPS) is 26.5. The summed E-state index contributed by atoms with van der Waals surface area (Å²) in [6, 6.07) is -2.62. The number of aliphatic hydroxyl groups excluding tert-OH is 11. The first-order valence-corrected chi connectivity index (χ1v) is 41.7. The largest absolute Gasteiger partial charge is 0.477 e. The third-order valence-electron chi connectivity index (χ3n) is 21.1. The molecule has 0 spiro atoms. The van der Waals surface area contributed by atoms with Gasteiger partial charge < -0.3 is 100 Å². The van der Waals surface area contributed by atoms with Crippen molar-refractivity contribution in [3.8, 4) is 0 Å². The molecule has 0 saturated carbocycles. The molecule has 18 unspecified atom stereocenters. The number of aliphatic carboxylic acids is 1. The third-order valence-corrected chi connectivity index (χ3v) is 21.1. The molecule has 0 aliphatic carbocycles. The van der Waals surface area contributed by atoms with Gasteiger partial charge in [-0.05, 0) is 44.9 Å². The van der Waals surface area contributed by atoms with E-state index in [1.165, 1.54) is 244 Å². The number of allylic oxidation sites excluding steroid dienone is 3. The minimum Gasteiger partial charge on any atom is -0.477 e. The lowest BCUT2D eigenvalue weighted by atomic mass is 9.88. The van der Waals surface area contributed by atoms with Crippen LogP contribution in [0.1, 0.15) is 335 Å². The second-order valence-electron chi connectivity index (χ2n) is 30.3. The monoisotopic (exact) mass is 1490 g/mol.